The lowest BCUT2D eigenvalue weighted by Gasteiger charge is -2.12. The Morgan fingerprint density at radius 3 is 2.67 bits per heavy atom. The van der Waals surface area contributed by atoms with Crippen molar-refractivity contribution in [3.63, 3.8) is 0 Å². The minimum Gasteiger partial charge on any atom is -0.398 e. The van der Waals surface area contributed by atoms with Gasteiger partial charge in [-0.25, -0.2) is 0 Å². The van der Waals surface area contributed by atoms with Crippen molar-refractivity contribution in [2.45, 2.75) is 0 Å². The van der Waals surface area contributed by atoms with Crippen LogP contribution < -0.4 is 11.5 Å². The molecule has 0 spiro atoms. The number of carbonyl (C=O) groups is 1. The zero-order valence-corrected chi connectivity index (χ0v) is 10.5. The number of aromatic nitrogens is 1. The maximum atomic E-state index is 11.9. The summed E-state index contributed by atoms with van der Waals surface area (Å²) in [5.41, 5.74) is 12.8. The Balaban J connectivity index is 0.00000162. The SMILES string of the molecule is CN(C(=N)N)C(=O)c1cc2c(N)cccc2[nH]1.Cl. The largest absolute Gasteiger partial charge is 0.398 e. The van der Waals surface area contributed by atoms with Crippen molar-refractivity contribution in [2.24, 2.45) is 5.73 Å². The normalized spacial score (nSPS) is 9.83. The van der Waals surface area contributed by atoms with Crippen molar-refractivity contribution in [2.75, 3.05) is 12.8 Å². The number of hydrogen-bond acceptors (Lipinski definition) is 3. The number of nitrogens with two attached hydrogens (primary N) is 2. The van der Waals surface area contributed by atoms with Gasteiger partial charge in [0.1, 0.15) is 5.69 Å². The second-order valence-electron chi connectivity index (χ2n) is 3.74. The van der Waals surface area contributed by atoms with E-state index in [1.54, 1.807) is 18.2 Å². The van der Waals surface area contributed by atoms with Gasteiger partial charge in [0.25, 0.3) is 5.91 Å². The fraction of sp³-hybridized carbons (Fsp3) is 0.0909. The topological polar surface area (TPSA) is 112 Å². The van der Waals surface area contributed by atoms with Crippen LogP contribution in [0.1, 0.15) is 10.5 Å². The molecule has 0 aliphatic heterocycles. The zero-order valence-electron chi connectivity index (χ0n) is 9.73. The molecule has 2 aromatic rings. The van der Waals surface area contributed by atoms with E-state index < -0.39 is 0 Å². The first-order chi connectivity index (χ1) is 8.00. The van der Waals surface area contributed by atoms with Crippen LogP contribution >= 0.6 is 12.4 Å². The number of guanidine groups is 1. The molecule has 1 aromatic carbocycles. The third kappa shape index (κ3) is 2.23. The predicted molar refractivity (Wildman–Crippen MR) is 74.0 cm³/mol. The van der Waals surface area contributed by atoms with Crippen LogP contribution in [0.4, 0.5) is 5.69 Å². The molecule has 6 N–H and O–H groups in total. The summed E-state index contributed by atoms with van der Waals surface area (Å²) in [6.07, 6.45) is 0. The van der Waals surface area contributed by atoms with Gasteiger partial charge in [0, 0.05) is 23.6 Å². The second kappa shape index (κ2) is 4.97. The zero-order chi connectivity index (χ0) is 12.6. The summed E-state index contributed by atoms with van der Waals surface area (Å²) in [4.78, 5) is 15.9. The fourth-order valence-electron chi connectivity index (χ4n) is 1.58. The summed E-state index contributed by atoms with van der Waals surface area (Å²) in [5.74, 6) is -0.672. The van der Waals surface area contributed by atoms with Gasteiger partial charge in [-0.2, -0.15) is 0 Å². The number of nitrogens with zero attached hydrogens (tertiary/aromatic N) is 1. The van der Waals surface area contributed by atoms with Crippen LogP contribution in [-0.4, -0.2) is 28.8 Å². The molecule has 96 valence electrons. The molecule has 0 fully saturated rings. The highest BCUT2D eigenvalue weighted by molar-refractivity contribution is 6.06. The summed E-state index contributed by atoms with van der Waals surface area (Å²) in [6.45, 7) is 0. The maximum Gasteiger partial charge on any atom is 0.276 e. The molecule has 0 aliphatic carbocycles. The molecule has 0 aliphatic rings. The van der Waals surface area contributed by atoms with Crippen molar-refractivity contribution in [3.05, 3.63) is 30.0 Å². The van der Waals surface area contributed by atoms with E-state index in [1.807, 2.05) is 6.07 Å². The Morgan fingerprint density at radius 1 is 1.44 bits per heavy atom. The number of aromatic amines is 1. The molecule has 7 heteroatoms. The highest BCUT2D eigenvalue weighted by Gasteiger charge is 2.16. The van der Waals surface area contributed by atoms with Crippen LogP contribution in [0.15, 0.2) is 24.3 Å². The van der Waals surface area contributed by atoms with Crippen molar-refractivity contribution in [1.82, 2.24) is 9.88 Å². The Kier molecular flexibility index (Phi) is 3.82. The number of nitrogen functional groups attached to an aromatic ring is 1. The summed E-state index contributed by atoms with van der Waals surface area (Å²) in [6, 6.07) is 7.05. The van der Waals surface area contributed by atoms with Gasteiger partial charge in [-0.3, -0.25) is 15.1 Å². The van der Waals surface area contributed by atoms with E-state index in [-0.39, 0.29) is 24.3 Å². The summed E-state index contributed by atoms with van der Waals surface area (Å²) in [5, 5.41) is 7.99. The molecular formula is C11H14ClN5O. The van der Waals surface area contributed by atoms with Crippen LogP contribution in [0, 0.1) is 5.41 Å². The van der Waals surface area contributed by atoms with E-state index in [0.29, 0.717) is 11.4 Å². The highest BCUT2D eigenvalue weighted by atomic mass is 35.5. The number of hydrogen-bond donors (Lipinski definition) is 4. The van der Waals surface area contributed by atoms with Gasteiger partial charge in [0.15, 0.2) is 5.96 Å². The van der Waals surface area contributed by atoms with E-state index in [4.69, 9.17) is 16.9 Å². The van der Waals surface area contributed by atoms with Crippen molar-refractivity contribution < 1.29 is 4.79 Å². The number of fused-ring (bicyclic) bond motifs is 1. The number of nitrogens with one attached hydrogen (secondary N) is 2. The first kappa shape index (κ1) is 13.9. The van der Waals surface area contributed by atoms with Gasteiger partial charge < -0.3 is 16.5 Å². The van der Waals surface area contributed by atoms with E-state index in [1.165, 1.54) is 7.05 Å². The molecule has 2 rings (SSSR count). The standard InChI is InChI=1S/C11H13N5O.ClH/c1-16(11(13)14)10(17)9-5-6-7(12)3-2-4-8(6)15-9;/h2-5,15H,12H2,1H3,(H3,13,14);1H. The van der Waals surface area contributed by atoms with Gasteiger partial charge in [-0.15, -0.1) is 12.4 Å². The van der Waals surface area contributed by atoms with Crippen molar-refractivity contribution in [1.29, 1.82) is 5.41 Å². The summed E-state index contributed by atoms with van der Waals surface area (Å²) >= 11 is 0. The first-order valence-electron chi connectivity index (χ1n) is 5.00. The molecule has 1 amide bonds. The molecule has 6 nitrogen and oxygen atoms in total. The monoisotopic (exact) mass is 267 g/mol. The van der Waals surface area contributed by atoms with Gasteiger partial charge in [0.05, 0.1) is 0 Å². The van der Waals surface area contributed by atoms with E-state index in [0.717, 1.165) is 15.8 Å². The highest BCUT2D eigenvalue weighted by Crippen LogP contribution is 2.22. The lowest BCUT2D eigenvalue weighted by Crippen LogP contribution is -2.38. The molecular weight excluding hydrogens is 254 g/mol. The third-order valence-electron chi connectivity index (χ3n) is 2.59. The number of rotatable bonds is 1. The molecule has 18 heavy (non-hydrogen) atoms. The number of benzene rings is 1. The van der Waals surface area contributed by atoms with Crippen LogP contribution in [-0.2, 0) is 0 Å². The molecule has 0 unspecified atom stereocenters. The number of halogens is 1. The van der Waals surface area contributed by atoms with Gasteiger partial charge in [0.2, 0.25) is 0 Å². The van der Waals surface area contributed by atoms with Crippen LogP contribution in [0.3, 0.4) is 0 Å². The smallest absolute Gasteiger partial charge is 0.276 e. The van der Waals surface area contributed by atoms with Crippen LogP contribution in [0.25, 0.3) is 10.9 Å². The average Bonchev–Trinajstić information content (AvgIpc) is 2.72. The third-order valence-corrected chi connectivity index (χ3v) is 2.59. The first-order valence-corrected chi connectivity index (χ1v) is 5.00. The van der Waals surface area contributed by atoms with Crippen LogP contribution in [0.5, 0.6) is 0 Å². The average molecular weight is 268 g/mol. The van der Waals surface area contributed by atoms with E-state index >= 15 is 0 Å². The summed E-state index contributed by atoms with van der Waals surface area (Å²) < 4.78 is 0. The van der Waals surface area contributed by atoms with Gasteiger partial charge in [-0.05, 0) is 18.2 Å². The quantitative estimate of drug-likeness (QED) is 0.353. The van der Waals surface area contributed by atoms with Crippen LogP contribution in [0.2, 0.25) is 0 Å². The van der Waals surface area contributed by atoms with Crippen molar-refractivity contribution in [3.8, 4) is 0 Å². The summed E-state index contributed by atoms with van der Waals surface area (Å²) in [7, 11) is 1.44. The van der Waals surface area contributed by atoms with Gasteiger partial charge in [-0.1, -0.05) is 6.07 Å². The molecule has 0 saturated heterocycles. The molecule has 0 saturated carbocycles. The molecule has 0 radical (unpaired) electrons. The minimum atomic E-state index is -0.367. The Hall–Kier alpha value is -2.21. The molecule has 0 bridgehead atoms. The Bertz CT molecular complexity index is 606. The number of anilines is 1. The molecule has 1 aromatic heterocycles. The Morgan fingerprint density at radius 2 is 2.11 bits per heavy atom. The fourth-order valence-corrected chi connectivity index (χ4v) is 1.58. The molecule has 1 heterocycles. The van der Waals surface area contributed by atoms with E-state index in [9.17, 15) is 4.79 Å². The number of amides is 1. The second-order valence-corrected chi connectivity index (χ2v) is 3.74. The van der Waals surface area contributed by atoms with Gasteiger partial charge >= 0.3 is 0 Å². The molecule has 0 atom stereocenters. The maximum absolute atomic E-state index is 11.9. The lowest BCUT2D eigenvalue weighted by molar-refractivity contribution is 0.0864. The Labute approximate surface area is 110 Å². The van der Waals surface area contributed by atoms with E-state index in [2.05, 4.69) is 4.98 Å². The number of carbonyl (C=O) groups excluding carboxylic acids is 1. The predicted octanol–water partition coefficient (Wildman–Crippen LogP) is 1.14. The van der Waals surface area contributed by atoms with Crippen molar-refractivity contribution >= 4 is 40.9 Å². The number of H-pyrrole nitrogens is 1. The lowest BCUT2D eigenvalue weighted by atomic mass is 10.2. The minimum absolute atomic E-state index is 0.